The van der Waals surface area contributed by atoms with Gasteiger partial charge in [0, 0.05) is 62.5 Å². The molecule has 0 radical (unpaired) electrons. The molecule has 1 atom stereocenters. The Kier molecular flexibility index (Phi) is 7.83. The van der Waals surface area contributed by atoms with Crippen LogP contribution >= 0.6 is 11.6 Å². The second-order valence-corrected chi connectivity index (χ2v) is 11.7. The van der Waals surface area contributed by atoms with E-state index in [9.17, 15) is 9.18 Å². The maximum atomic E-state index is 12.9. The Hall–Kier alpha value is -3.50. The van der Waals surface area contributed by atoms with Gasteiger partial charge in [0.15, 0.2) is 5.82 Å². The van der Waals surface area contributed by atoms with Gasteiger partial charge in [-0.1, -0.05) is 32.4 Å². The highest BCUT2D eigenvalue weighted by molar-refractivity contribution is 6.36. The minimum absolute atomic E-state index is 0.0282. The molecule has 9 nitrogen and oxygen atoms in total. The normalized spacial score (nSPS) is 16.1. The second kappa shape index (κ2) is 11.2. The molecule has 0 aliphatic carbocycles. The number of Topliss-reactive ketones (excluding diaryl/α,β-unsaturated/α-hetero) is 1. The fraction of sp³-hybridized carbons (Fsp3) is 0.448. The number of ketones is 1. The van der Waals surface area contributed by atoms with Gasteiger partial charge >= 0.3 is 0 Å². The maximum Gasteiger partial charge on any atom is 0.209 e. The molecule has 1 aliphatic heterocycles. The van der Waals surface area contributed by atoms with E-state index in [4.69, 9.17) is 26.4 Å². The molecule has 4 aromatic rings. The van der Waals surface area contributed by atoms with Crippen molar-refractivity contribution >= 4 is 40.2 Å². The summed E-state index contributed by atoms with van der Waals surface area (Å²) in [7, 11) is 1.89. The summed E-state index contributed by atoms with van der Waals surface area (Å²) in [5.74, 6) is 2.33. The highest BCUT2D eigenvalue weighted by Crippen LogP contribution is 2.38. The summed E-state index contributed by atoms with van der Waals surface area (Å²) in [6.07, 6.45) is 2.79. The average molecular weight is 568 g/mol. The van der Waals surface area contributed by atoms with Crippen LogP contribution < -0.4 is 10.1 Å². The van der Waals surface area contributed by atoms with E-state index in [0.29, 0.717) is 51.6 Å². The van der Waals surface area contributed by atoms with Crippen molar-refractivity contribution in [3.05, 3.63) is 52.9 Å². The van der Waals surface area contributed by atoms with Gasteiger partial charge in [0.2, 0.25) is 5.95 Å². The first kappa shape index (κ1) is 28.0. The molecule has 0 saturated carbocycles. The Morgan fingerprint density at radius 2 is 2.05 bits per heavy atom. The average Bonchev–Trinajstić information content (AvgIpc) is 3.59. The zero-order valence-electron chi connectivity index (χ0n) is 23.5. The largest absolute Gasteiger partial charge is 0.456 e. The minimum Gasteiger partial charge on any atom is -0.456 e. The summed E-state index contributed by atoms with van der Waals surface area (Å²) in [6.45, 7) is 9.80. The molecule has 3 aromatic heterocycles. The number of aryl methyl sites for hydroxylation is 1. The number of pyridine rings is 1. The fourth-order valence-corrected chi connectivity index (χ4v) is 5.50. The van der Waals surface area contributed by atoms with Crippen LogP contribution in [0.3, 0.4) is 0 Å². The second-order valence-electron chi connectivity index (χ2n) is 11.4. The third kappa shape index (κ3) is 5.83. The van der Waals surface area contributed by atoms with Gasteiger partial charge in [-0.25, -0.2) is 9.37 Å². The van der Waals surface area contributed by atoms with E-state index in [1.54, 1.807) is 24.4 Å². The Morgan fingerprint density at radius 3 is 2.77 bits per heavy atom. The molecule has 5 rings (SSSR count). The summed E-state index contributed by atoms with van der Waals surface area (Å²) in [5, 5.41) is 8.73. The fourth-order valence-electron chi connectivity index (χ4n) is 5.17. The van der Waals surface area contributed by atoms with Gasteiger partial charge in [-0.15, -0.1) is 0 Å². The number of aromatic nitrogens is 5. The van der Waals surface area contributed by atoms with Crippen molar-refractivity contribution in [1.29, 1.82) is 0 Å². The van der Waals surface area contributed by atoms with Gasteiger partial charge in [-0.05, 0) is 31.5 Å². The van der Waals surface area contributed by atoms with E-state index in [1.165, 1.54) is 6.92 Å². The molecule has 40 heavy (non-hydrogen) atoms. The number of benzene rings is 1. The first-order valence-corrected chi connectivity index (χ1v) is 13.8. The molecule has 1 fully saturated rings. The van der Waals surface area contributed by atoms with Crippen molar-refractivity contribution in [2.75, 3.05) is 31.6 Å². The zero-order valence-corrected chi connectivity index (χ0v) is 24.3. The van der Waals surface area contributed by atoms with E-state index in [2.05, 4.69) is 46.7 Å². The molecule has 0 unspecified atom stereocenters. The number of hydrogen-bond donors (Lipinski definition) is 1. The summed E-state index contributed by atoms with van der Waals surface area (Å²) in [4.78, 5) is 22.6. The van der Waals surface area contributed by atoms with Gasteiger partial charge in [-0.3, -0.25) is 19.4 Å². The number of hydrogen-bond acceptors (Lipinski definition) is 7. The first-order valence-electron chi connectivity index (χ1n) is 13.5. The van der Waals surface area contributed by atoms with E-state index < -0.39 is 0 Å². The van der Waals surface area contributed by atoms with E-state index >= 15 is 0 Å². The van der Waals surface area contributed by atoms with Gasteiger partial charge < -0.3 is 14.6 Å². The summed E-state index contributed by atoms with van der Waals surface area (Å²) in [6, 6.07) is 9.36. The van der Waals surface area contributed by atoms with Crippen molar-refractivity contribution in [3.63, 3.8) is 0 Å². The molecule has 0 bridgehead atoms. The number of rotatable bonds is 9. The van der Waals surface area contributed by atoms with Crippen molar-refractivity contribution in [2.45, 2.75) is 52.0 Å². The van der Waals surface area contributed by atoms with Crippen molar-refractivity contribution in [2.24, 2.45) is 7.05 Å². The molecule has 0 spiro atoms. The van der Waals surface area contributed by atoms with Crippen LogP contribution in [0.15, 0.2) is 36.5 Å². The summed E-state index contributed by atoms with van der Waals surface area (Å²) >= 11 is 6.82. The van der Waals surface area contributed by atoms with Gasteiger partial charge in [-0.2, -0.15) is 5.10 Å². The highest BCUT2D eigenvalue weighted by Gasteiger charge is 2.30. The number of carbonyl (C=O) groups excluding carboxylic acids is 1. The monoisotopic (exact) mass is 567 g/mol. The van der Waals surface area contributed by atoms with Crippen LogP contribution in [0.5, 0.6) is 11.5 Å². The van der Waals surface area contributed by atoms with Crippen LogP contribution in [0.2, 0.25) is 5.02 Å². The summed E-state index contributed by atoms with van der Waals surface area (Å²) < 4.78 is 23.0. The number of alkyl halides is 1. The lowest BCUT2D eigenvalue weighted by Crippen LogP contribution is -2.26. The van der Waals surface area contributed by atoms with Crippen LogP contribution in [0, 0.1) is 0 Å². The van der Waals surface area contributed by atoms with Gasteiger partial charge in [0.1, 0.15) is 29.0 Å². The Bertz CT molecular complexity index is 1540. The molecule has 0 amide bonds. The lowest BCUT2D eigenvalue weighted by atomic mass is 9.91. The third-order valence-corrected chi connectivity index (χ3v) is 7.49. The van der Waals surface area contributed by atoms with Gasteiger partial charge in [0.05, 0.1) is 22.8 Å². The maximum absolute atomic E-state index is 12.9. The summed E-state index contributed by atoms with van der Waals surface area (Å²) in [5.41, 5.74) is 3.04. The van der Waals surface area contributed by atoms with Crippen LogP contribution in [-0.2, 0) is 23.7 Å². The Morgan fingerprint density at radius 1 is 1.25 bits per heavy atom. The number of imidazole rings is 1. The van der Waals surface area contributed by atoms with Crippen molar-refractivity contribution < 1.29 is 13.9 Å². The van der Waals surface area contributed by atoms with E-state index in [1.807, 2.05) is 17.7 Å². The molecular formula is C29H35ClFN7O2. The standard InChI is InChI=1S/C29H35ClFN7O2/c1-18(39)14-19-15-21(8-11-32-19)40-23-7-6-22-27(26(23)30)36(5)28(33-22)34-25-16-24(29(2,3)4)38(35-25)20-9-12-37(17-20)13-10-31/h6-8,11,15-16,20H,9-10,12-14,17H2,1-5H3,(H,33,34,35)/t20-/m0/s1. The number of ether oxygens (including phenoxy) is 1. The lowest BCUT2D eigenvalue weighted by Gasteiger charge is -2.23. The smallest absolute Gasteiger partial charge is 0.209 e. The molecule has 11 heteroatoms. The minimum atomic E-state index is -0.337. The van der Waals surface area contributed by atoms with E-state index in [0.717, 1.165) is 25.2 Å². The topological polar surface area (TPSA) is 90.1 Å². The Labute approximate surface area is 238 Å². The first-order chi connectivity index (χ1) is 19.0. The van der Waals surface area contributed by atoms with Crippen LogP contribution in [0.4, 0.5) is 16.2 Å². The molecule has 1 aromatic carbocycles. The molecule has 4 heterocycles. The number of fused-ring (bicyclic) bond motifs is 1. The van der Waals surface area contributed by atoms with Crippen LogP contribution in [0.25, 0.3) is 11.0 Å². The predicted molar refractivity (Wildman–Crippen MR) is 155 cm³/mol. The number of nitrogens with zero attached hydrogens (tertiary/aromatic N) is 6. The van der Waals surface area contributed by atoms with Crippen molar-refractivity contribution in [3.8, 4) is 11.5 Å². The SMILES string of the molecule is CC(=O)Cc1cc(Oc2ccc3nc(Nc4cc(C(C)(C)C)n([C@H]5CCN(CCF)C5)n4)n(C)c3c2Cl)ccn1. The number of likely N-dealkylation sites (tertiary alicyclic amines) is 1. The van der Waals surface area contributed by atoms with E-state index in [-0.39, 0.29) is 30.3 Å². The Balaban J connectivity index is 1.42. The molecule has 212 valence electrons. The number of carbonyl (C=O) groups is 1. The number of halogens is 2. The molecular weight excluding hydrogens is 533 g/mol. The molecule has 1 saturated heterocycles. The third-order valence-electron chi connectivity index (χ3n) is 7.12. The molecule has 1 aliphatic rings. The number of nitrogens with one attached hydrogen (secondary N) is 1. The van der Waals surface area contributed by atoms with Gasteiger partial charge in [0.25, 0.3) is 0 Å². The lowest BCUT2D eigenvalue weighted by molar-refractivity contribution is -0.116. The van der Waals surface area contributed by atoms with Crippen LogP contribution in [0.1, 0.15) is 51.5 Å². The van der Waals surface area contributed by atoms with Crippen LogP contribution in [-0.4, -0.2) is 61.3 Å². The predicted octanol–water partition coefficient (Wildman–Crippen LogP) is 6.00. The number of anilines is 2. The molecule has 1 N–H and O–H groups in total. The quantitative estimate of drug-likeness (QED) is 0.265. The zero-order chi connectivity index (χ0) is 28.6. The van der Waals surface area contributed by atoms with Crippen molar-refractivity contribution in [1.82, 2.24) is 29.2 Å². The highest BCUT2D eigenvalue weighted by atomic mass is 35.5.